The molecule has 4 rings (SSSR count). The molecule has 9 nitrogen and oxygen atoms in total. The molecule has 0 amide bonds. The largest absolute Gasteiger partial charge is 0.477 e. The first kappa shape index (κ1) is 28.5. The molecule has 0 bridgehead atoms. The number of hydrogen-bond donors (Lipinski definition) is 1. The SMILES string of the molecule is CS(=O)(=O)Nc1cc(-c2nc(OCC3CCCN(CC(F)(F)F)C3)ccc2F)cnc1OCc1ccccn1. The second-order valence-corrected chi connectivity index (χ2v) is 11.0. The molecule has 0 radical (unpaired) electrons. The van der Waals surface area contributed by atoms with Crippen LogP contribution in [0, 0.1) is 11.7 Å². The monoisotopic (exact) mass is 569 g/mol. The molecule has 3 aromatic heterocycles. The summed E-state index contributed by atoms with van der Waals surface area (Å²) in [5, 5.41) is 0. The molecule has 210 valence electrons. The third-order valence-corrected chi connectivity index (χ3v) is 6.39. The van der Waals surface area contributed by atoms with E-state index in [0.29, 0.717) is 25.1 Å². The van der Waals surface area contributed by atoms with Crippen LogP contribution < -0.4 is 14.2 Å². The molecule has 4 heterocycles. The molecule has 1 unspecified atom stereocenters. The van der Waals surface area contributed by atoms with Crippen LogP contribution in [0.1, 0.15) is 18.5 Å². The number of rotatable bonds is 10. The van der Waals surface area contributed by atoms with E-state index in [-0.39, 0.29) is 54.4 Å². The number of nitrogens with zero attached hydrogens (tertiary/aromatic N) is 4. The molecular formula is C25H27F4N5O4S. The molecule has 0 spiro atoms. The van der Waals surface area contributed by atoms with Crippen molar-refractivity contribution >= 4 is 15.7 Å². The quantitative estimate of drug-likeness (QED) is 0.361. The van der Waals surface area contributed by atoms with E-state index in [1.807, 2.05) is 0 Å². The van der Waals surface area contributed by atoms with Crippen molar-refractivity contribution in [3.63, 3.8) is 0 Å². The Balaban J connectivity index is 1.50. The zero-order valence-electron chi connectivity index (χ0n) is 21.0. The first-order chi connectivity index (χ1) is 18.4. The van der Waals surface area contributed by atoms with E-state index < -0.39 is 28.6 Å². The second-order valence-electron chi connectivity index (χ2n) is 9.21. The second kappa shape index (κ2) is 12.1. The van der Waals surface area contributed by atoms with Crippen LogP contribution in [0.25, 0.3) is 11.3 Å². The molecule has 0 aliphatic carbocycles. The van der Waals surface area contributed by atoms with Crippen LogP contribution in [-0.4, -0.2) is 66.9 Å². The summed E-state index contributed by atoms with van der Waals surface area (Å²) in [6.07, 6.45) is 0.869. The fourth-order valence-electron chi connectivity index (χ4n) is 4.19. The van der Waals surface area contributed by atoms with Crippen molar-refractivity contribution in [1.29, 1.82) is 0 Å². The van der Waals surface area contributed by atoms with Gasteiger partial charge in [-0.15, -0.1) is 0 Å². The number of hydrogen-bond acceptors (Lipinski definition) is 8. The number of pyridine rings is 3. The Labute approximate surface area is 223 Å². The van der Waals surface area contributed by atoms with E-state index in [2.05, 4.69) is 19.7 Å². The average Bonchev–Trinajstić information content (AvgIpc) is 2.86. The molecule has 1 aliphatic rings. The van der Waals surface area contributed by atoms with E-state index in [1.54, 1.807) is 24.4 Å². The molecule has 39 heavy (non-hydrogen) atoms. The van der Waals surface area contributed by atoms with Crippen LogP contribution in [0.2, 0.25) is 0 Å². The summed E-state index contributed by atoms with van der Waals surface area (Å²) < 4.78 is 90.6. The minimum atomic E-state index is -4.27. The van der Waals surface area contributed by atoms with Crippen molar-refractivity contribution in [3.8, 4) is 23.0 Å². The van der Waals surface area contributed by atoms with Crippen molar-refractivity contribution in [2.24, 2.45) is 5.92 Å². The lowest BCUT2D eigenvalue weighted by Crippen LogP contribution is -2.42. The van der Waals surface area contributed by atoms with Crippen LogP contribution in [0.4, 0.5) is 23.2 Å². The highest BCUT2D eigenvalue weighted by Gasteiger charge is 2.33. The average molecular weight is 570 g/mol. The van der Waals surface area contributed by atoms with Gasteiger partial charge in [-0.2, -0.15) is 13.2 Å². The topological polar surface area (TPSA) is 107 Å². The van der Waals surface area contributed by atoms with Gasteiger partial charge in [-0.3, -0.25) is 14.6 Å². The molecule has 1 saturated heterocycles. The maximum absolute atomic E-state index is 14.8. The predicted molar refractivity (Wildman–Crippen MR) is 135 cm³/mol. The van der Waals surface area contributed by atoms with Crippen molar-refractivity contribution in [2.75, 3.05) is 37.2 Å². The number of ether oxygens (including phenoxy) is 2. The van der Waals surface area contributed by atoms with Gasteiger partial charge in [0.2, 0.25) is 21.8 Å². The van der Waals surface area contributed by atoms with Gasteiger partial charge in [-0.25, -0.2) is 22.8 Å². The highest BCUT2D eigenvalue weighted by Crippen LogP contribution is 2.31. The fourth-order valence-corrected chi connectivity index (χ4v) is 4.74. The lowest BCUT2D eigenvalue weighted by molar-refractivity contribution is -0.149. The van der Waals surface area contributed by atoms with Crippen LogP contribution in [-0.2, 0) is 16.6 Å². The highest BCUT2D eigenvalue weighted by molar-refractivity contribution is 7.92. The molecule has 0 saturated carbocycles. The molecule has 1 aliphatic heterocycles. The summed E-state index contributed by atoms with van der Waals surface area (Å²) in [7, 11) is -3.74. The van der Waals surface area contributed by atoms with Crippen molar-refractivity contribution in [2.45, 2.75) is 25.6 Å². The maximum Gasteiger partial charge on any atom is 0.401 e. The zero-order chi connectivity index (χ0) is 28.0. The standard InChI is InChI=1S/C25H27F4N5O4S/c1-39(35,36)33-21-11-18(12-31-24(21)38-15-19-6-2-3-9-30-19)23-20(26)7-8-22(32-23)37-14-17-5-4-10-34(13-17)16-25(27,28)29/h2-3,6-9,11-12,17,33H,4-5,10,13-16H2,1H3. The summed E-state index contributed by atoms with van der Waals surface area (Å²) in [6, 6.07) is 9.04. The Morgan fingerprint density at radius 2 is 1.97 bits per heavy atom. The normalized spacial score (nSPS) is 16.6. The summed E-state index contributed by atoms with van der Waals surface area (Å²) >= 11 is 0. The maximum atomic E-state index is 14.8. The van der Waals surface area contributed by atoms with E-state index in [0.717, 1.165) is 12.3 Å². The lowest BCUT2D eigenvalue weighted by Gasteiger charge is -2.32. The van der Waals surface area contributed by atoms with Crippen LogP contribution >= 0.6 is 0 Å². The molecule has 0 aromatic carbocycles. The summed E-state index contributed by atoms with van der Waals surface area (Å²) in [5.41, 5.74) is 0.578. The van der Waals surface area contributed by atoms with Gasteiger partial charge in [0.1, 0.15) is 23.8 Å². The third kappa shape index (κ3) is 8.75. The number of sulfonamides is 1. The minimum Gasteiger partial charge on any atom is -0.477 e. The number of nitrogens with one attached hydrogen (secondary N) is 1. The Hall–Kier alpha value is -3.52. The van der Waals surface area contributed by atoms with E-state index in [1.165, 1.54) is 23.2 Å². The number of anilines is 1. The number of halogens is 4. The first-order valence-electron chi connectivity index (χ1n) is 12.0. The lowest BCUT2D eigenvalue weighted by atomic mass is 9.99. The molecule has 14 heteroatoms. The Morgan fingerprint density at radius 1 is 1.15 bits per heavy atom. The number of aromatic nitrogens is 3. The van der Waals surface area contributed by atoms with Gasteiger partial charge in [0.05, 0.1) is 25.1 Å². The van der Waals surface area contributed by atoms with Crippen LogP contribution in [0.3, 0.4) is 0 Å². The highest BCUT2D eigenvalue weighted by atomic mass is 32.2. The predicted octanol–water partition coefficient (Wildman–Crippen LogP) is 4.28. The van der Waals surface area contributed by atoms with Gasteiger partial charge in [0.25, 0.3) is 0 Å². The van der Waals surface area contributed by atoms with E-state index >= 15 is 0 Å². The van der Waals surface area contributed by atoms with E-state index in [9.17, 15) is 26.0 Å². The number of alkyl halides is 3. The van der Waals surface area contributed by atoms with Crippen LogP contribution in [0.5, 0.6) is 11.8 Å². The Bertz CT molecular complexity index is 1380. The summed E-state index contributed by atoms with van der Waals surface area (Å²) in [5.74, 6) is -0.805. The number of likely N-dealkylation sites (tertiary alicyclic amines) is 1. The van der Waals surface area contributed by atoms with Gasteiger partial charge >= 0.3 is 6.18 Å². The summed E-state index contributed by atoms with van der Waals surface area (Å²) in [4.78, 5) is 13.9. The van der Waals surface area contributed by atoms with Crippen molar-refractivity contribution < 1.29 is 35.5 Å². The molecule has 1 atom stereocenters. The van der Waals surface area contributed by atoms with Gasteiger partial charge in [0, 0.05) is 36.5 Å². The van der Waals surface area contributed by atoms with Gasteiger partial charge in [-0.1, -0.05) is 6.07 Å². The molecule has 1 N–H and O–H groups in total. The smallest absolute Gasteiger partial charge is 0.401 e. The number of piperidine rings is 1. The van der Waals surface area contributed by atoms with Crippen LogP contribution in [0.15, 0.2) is 48.8 Å². The molecule has 3 aromatic rings. The Kier molecular flexibility index (Phi) is 8.85. The van der Waals surface area contributed by atoms with Crippen molar-refractivity contribution in [1.82, 2.24) is 19.9 Å². The van der Waals surface area contributed by atoms with Gasteiger partial charge in [0.15, 0.2) is 0 Å². The van der Waals surface area contributed by atoms with Gasteiger partial charge in [-0.05, 0) is 43.7 Å². The fraction of sp³-hybridized carbons (Fsp3) is 0.400. The summed E-state index contributed by atoms with van der Waals surface area (Å²) in [6.45, 7) is -0.235. The zero-order valence-corrected chi connectivity index (χ0v) is 21.8. The van der Waals surface area contributed by atoms with Crippen molar-refractivity contribution in [3.05, 3.63) is 60.3 Å². The third-order valence-electron chi connectivity index (χ3n) is 5.80. The Morgan fingerprint density at radius 3 is 2.69 bits per heavy atom. The molecular weight excluding hydrogens is 542 g/mol. The van der Waals surface area contributed by atoms with Gasteiger partial charge < -0.3 is 9.47 Å². The molecule has 1 fully saturated rings. The first-order valence-corrected chi connectivity index (χ1v) is 13.9. The van der Waals surface area contributed by atoms with E-state index in [4.69, 9.17) is 9.47 Å². The minimum absolute atomic E-state index is 0.0170.